The van der Waals surface area contributed by atoms with Crippen LogP contribution >= 0.6 is 27.4 Å². The highest BCUT2D eigenvalue weighted by atomic mass is 32.2. The Hall–Kier alpha value is -2.59. The van der Waals surface area contributed by atoms with E-state index < -0.39 is 83.8 Å². The molecule has 2 saturated heterocycles. The number of phosphoric ester groups is 2. The van der Waals surface area contributed by atoms with Gasteiger partial charge in [-0.2, -0.15) is 8.88 Å². The molecule has 1 amide bonds. The highest BCUT2D eigenvalue weighted by molar-refractivity contribution is 7.99. The van der Waals surface area contributed by atoms with Crippen molar-refractivity contribution < 1.29 is 71.5 Å². The number of thioether (sulfide) groups is 1. The number of aliphatic hydroxyl groups is 4. The summed E-state index contributed by atoms with van der Waals surface area (Å²) in [6.45, 7) is 0.235. The van der Waals surface area contributed by atoms with Gasteiger partial charge in [-0.1, -0.05) is 25.1 Å². The number of nitrogen functional groups attached to an aromatic ring is 1. The van der Waals surface area contributed by atoms with Crippen LogP contribution in [0.4, 0.5) is 5.69 Å². The largest absolute Gasteiger partial charge is 0.481 e. The Morgan fingerprint density at radius 2 is 1.69 bits per heavy atom. The van der Waals surface area contributed by atoms with Crippen molar-refractivity contribution in [2.45, 2.75) is 74.0 Å². The van der Waals surface area contributed by atoms with E-state index in [9.17, 15) is 44.1 Å². The molecule has 4 unspecified atom stereocenters. The molecule has 270 valence electrons. The smallest absolute Gasteiger partial charge is 0.397 e. The van der Waals surface area contributed by atoms with Crippen molar-refractivity contribution in [3.63, 3.8) is 0 Å². The van der Waals surface area contributed by atoms with Gasteiger partial charge in [-0.25, -0.2) is 19.1 Å². The van der Waals surface area contributed by atoms with Gasteiger partial charge in [0.15, 0.2) is 35.5 Å². The quantitative estimate of drug-likeness (QED) is 0.0419. The van der Waals surface area contributed by atoms with Gasteiger partial charge in [0.2, 0.25) is 0 Å². The van der Waals surface area contributed by atoms with Crippen molar-refractivity contribution >= 4 is 50.2 Å². The number of nitrogens with two attached hydrogens (primary N) is 2. The van der Waals surface area contributed by atoms with Crippen LogP contribution in [0.3, 0.4) is 0 Å². The predicted octanol–water partition coefficient (Wildman–Crippen LogP) is -0.519. The molecule has 3 aromatic rings. The summed E-state index contributed by atoms with van der Waals surface area (Å²) >= 11 is 1.35. The van der Waals surface area contributed by atoms with Crippen LogP contribution < -0.4 is 16.0 Å². The van der Waals surface area contributed by atoms with E-state index in [1.807, 2.05) is 6.92 Å². The number of rotatable bonds is 15. The number of imidazole rings is 1. The number of carbonyl (C=O) groups excluding carboxylic acids is 1. The summed E-state index contributed by atoms with van der Waals surface area (Å²) in [4.78, 5) is 40.6. The highest BCUT2D eigenvalue weighted by Crippen LogP contribution is 2.60. The van der Waals surface area contributed by atoms with Crippen LogP contribution in [0.25, 0.3) is 11.2 Å². The Morgan fingerprint density at radius 3 is 2.35 bits per heavy atom. The number of pyridine rings is 2. The summed E-state index contributed by atoms with van der Waals surface area (Å²) in [5, 5.41) is 42.9. The second-order valence-electron chi connectivity index (χ2n) is 11.1. The van der Waals surface area contributed by atoms with E-state index in [1.165, 1.54) is 51.6 Å². The van der Waals surface area contributed by atoms with E-state index in [2.05, 4.69) is 14.3 Å². The molecule has 0 saturated carbocycles. The van der Waals surface area contributed by atoms with Crippen LogP contribution in [0.5, 0.6) is 0 Å². The number of ether oxygens (including phenoxy) is 2. The molecule has 0 aliphatic carbocycles. The van der Waals surface area contributed by atoms with E-state index in [0.717, 1.165) is 12.8 Å². The minimum Gasteiger partial charge on any atom is -0.397 e. The van der Waals surface area contributed by atoms with Crippen LogP contribution in [0.15, 0.2) is 41.9 Å². The molecular formula is C26H37N6O14P2S+. The molecule has 49 heavy (non-hydrogen) atoms. The average molecular weight is 752 g/mol. The number of fused-ring (bicyclic) bond motifs is 1. The molecule has 5 rings (SSSR count). The lowest BCUT2D eigenvalue weighted by Gasteiger charge is -2.20. The number of amides is 1. The number of carbonyl (C=O) groups is 1. The van der Waals surface area contributed by atoms with E-state index in [-0.39, 0.29) is 11.2 Å². The third-order valence-corrected chi connectivity index (χ3v) is 11.3. The molecule has 10 N–H and O–H groups in total. The number of unbranched alkanes of at least 4 members (excludes halogenated alkanes) is 1. The van der Waals surface area contributed by atoms with Gasteiger partial charge in [-0.05, 0) is 18.6 Å². The summed E-state index contributed by atoms with van der Waals surface area (Å²) in [7, 11) is -10.8. The van der Waals surface area contributed by atoms with Crippen molar-refractivity contribution in [3.8, 4) is 0 Å². The van der Waals surface area contributed by atoms with Gasteiger partial charge in [0.25, 0.3) is 12.1 Å². The first-order valence-electron chi connectivity index (χ1n) is 14.9. The molecule has 2 aliphatic heterocycles. The summed E-state index contributed by atoms with van der Waals surface area (Å²) in [5.41, 5.74) is 12.3. The lowest BCUT2D eigenvalue weighted by atomic mass is 10.1. The topological polar surface area (TPSA) is 305 Å². The maximum Gasteiger partial charge on any atom is 0.481 e. The number of anilines is 1. The molecule has 2 fully saturated rings. The number of primary amides is 1. The predicted molar refractivity (Wildman–Crippen MR) is 167 cm³/mol. The molecule has 0 spiro atoms. The van der Waals surface area contributed by atoms with Crippen molar-refractivity contribution in [2.24, 2.45) is 5.73 Å². The molecule has 0 radical (unpaired) electrons. The maximum atomic E-state index is 12.6. The minimum atomic E-state index is -5.39. The van der Waals surface area contributed by atoms with E-state index in [4.69, 9.17) is 30.0 Å². The summed E-state index contributed by atoms with van der Waals surface area (Å²) in [5.74, 6) is -0.0926. The fraction of sp³-hybridized carbons (Fsp3) is 0.538. The van der Waals surface area contributed by atoms with Crippen LogP contribution in [0.2, 0.25) is 0 Å². The number of hydrogen-bond donors (Lipinski definition) is 8. The molecular weight excluding hydrogens is 714 g/mol. The second kappa shape index (κ2) is 15.3. The summed E-state index contributed by atoms with van der Waals surface area (Å²) in [6, 6.07) is 4.40. The Morgan fingerprint density at radius 1 is 1.04 bits per heavy atom. The maximum absolute atomic E-state index is 12.6. The number of nitrogens with zero attached hydrogens (tertiary/aromatic N) is 4. The first-order valence-corrected chi connectivity index (χ1v) is 18.8. The second-order valence-corrected chi connectivity index (χ2v) is 15.3. The number of aromatic nitrogens is 4. The zero-order chi connectivity index (χ0) is 35.7. The molecule has 0 bridgehead atoms. The van der Waals surface area contributed by atoms with Gasteiger partial charge in [-0.3, -0.25) is 18.4 Å². The molecule has 2 aliphatic rings. The van der Waals surface area contributed by atoms with Gasteiger partial charge in [0, 0.05) is 18.0 Å². The first-order chi connectivity index (χ1) is 23.1. The third-order valence-electron chi connectivity index (χ3n) is 7.65. The Kier molecular flexibility index (Phi) is 11.8. The normalized spacial score (nSPS) is 29.6. The Balaban J connectivity index is 1.19. The van der Waals surface area contributed by atoms with Crippen LogP contribution in [0.1, 0.15) is 42.6 Å². The lowest BCUT2D eigenvalue weighted by molar-refractivity contribution is -0.765. The Labute approximate surface area is 282 Å². The number of aliphatic hydroxyl groups excluding tert-OH is 4. The van der Waals surface area contributed by atoms with E-state index in [0.29, 0.717) is 22.1 Å². The average Bonchev–Trinajstić information content (AvgIpc) is 3.65. The zero-order valence-electron chi connectivity index (χ0n) is 25.8. The fourth-order valence-corrected chi connectivity index (χ4v) is 8.32. The standard InChI is InChI=1S/C26H36N6O14P2S/c1-2-3-9-49-26-30-17-14(27)6-7-29-23(17)32(26)25-21(36)19(34)16(45-25)12-43-48(40,41)46-47(38,39)42-11-15-18(33)20(35)24(44-15)31-8-4-5-13(10-31)22(28)37/h4-8,10,15-16,18-21,24-25,33-36H,2-3,9,11-12H2,1H3,(H5-,27,28,29,37,38,39,40,41)/p+1/t15-,16+,18?,19-,20+,21?,24-,25+/m0/s1. The van der Waals surface area contributed by atoms with Crippen LogP contribution in [0, 0.1) is 0 Å². The van der Waals surface area contributed by atoms with Crippen molar-refractivity contribution in [3.05, 3.63) is 42.4 Å². The van der Waals surface area contributed by atoms with Gasteiger partial charge in [0.05, 0.1) is 18.9 Å². The molecule has 5 heterocycles. The fourth-order valence-electron chi connectivity index (χ4n) is 5.13. The van der Waals surface area contributed by atoms with Crippen molar-refractivity contribution in [1.82, 2.24) is 14.5 Å². The minimum absolute atomic E-state index is 0.0728. The molecule has 20 nitrogen and oxygen atoms in total. The molecule has 10 atom stereocenters. The third kappa shape index (κ3) is 8.49. The molecule has 3 aromatic heterocycles. The van der Waals surface area contributed by atoms with E-state index in [1.54, 1.807) is 6.07 Å². The lowest BCUT2D eigenvalue weighted by Crippen LogP contribution is -2.46. The summed E-state index contributed by atoms with van der Waals surface area (Å²) < 4.78 is 53.1. The van der Waals surface area contributed by atoms with Gasteiger partial charge in [-0.15, -0.1) is 0 Å². The van der Waals surface area contributed by atoms with Gasteiger partial charge in [0.1, 0.15) is 41.6 Å². The van der Waals surface area contributed by atoms with Gasteiger partial charge >= 0.3 is 15.6 Å². The highest BCUT2D eigenvalue weighted by Gasteiger charge is 2.50. The van der Waals surface area contributed by atoms with Crippen LogP contribution in [-0.4, -0.2) is 106 Å². The first kappa shape index (κ1) is 37.7. The van der Waals surface area contributed by atoms with Crippen LogP contribution in [-0.2, 0) is 32.0 Å². The monoisotopic (exact) mass is 751 g/mol. The number of hydrogen-bond acceptors (Lipinski definition) is 16. The van der Waals surface area contributed by atoms with Crippen molar-refractivity contribution in [2.75, 3.05) is 24.7 Å². The number of phosphoric acid groups is 2. The zero-order valence-corrected chi connectivity index (χ0v) is 28.4. The Bertz CT molecular complexity index is 1750. The molecule has 0 aromatic carbocycles. The van der Waals surface area contributed by atoms with E-state index >= 15 is 0 Å². The SMILES string of the molecule is CCCCSc1nc2c(N)ccnc2n1[C@@H]1O[C@H](COP(=O)(O)OP(=O)(O)OC[C@@H]2O[C@H]([n+]3cccc(C(N)=O)c3)[C@H](O)C2O)[C@H](O)C1O. The molecule has 23 heteroatoms. The van der Waals surface area contributed by atoms with Gasteiger partial charge < -0.3 is 51.2 Å². The van der Waals surface area contributed by atoms with Crippen molar-refractivity contribution in [1.29, 1.82) is 0 Å². The summed E-state index contributed by atoms with van der Waals surface area (Å²) in [6.07, 6.45) is -5.98.